The topological polar surface area (TPSA) is 62.7 Å². The van der Waals surface area contributed by atoms with Gasteiger partial charge in [0.2, 0.25) is 5.91 Å². The molecule has 3 aliphatic rings. The summed E-state index contributed by atoms with van der Waals surface area (Å²) in [7, 11) is 0. The molecule has 0 N–H and O–H groups in total. The van der Waals surface area contributed by atoms with Crippen LogP contribution in [0.15, 0.2) is 18.3 Å². The van der Waals surface area contributed by atoms with Crippen molar-refractivity contribution in [1.82, 2.24) is 9.88 Å². The highest BCUT2D eigenvalue weighted by molar-refractivity contribution is 5.89. The molecule has 1 aromatic heterocycles. The quantitative estimate of drug-likeness (QED) is 0.762. The number of amides is 1. The highest BCUT2D eigenvalue weighted by Crippen LogP contribution is 2.48. The van der Waals surface area contributed by atoms with E-state index in [4.69, 9.17) is 4.74 Å². The fourth-order valence-electron chi connectivity index (χ4n) is 5.06. The molecule has 0 aromatic carbocycles. The van der Waals surface area contributed by atoms with Crippen molar-refractivity contribution in [3.8, 4) is 0 Å². The number of pyridine rings is 1. The molecule has 3 unspecified atom stereocenters. The molecule has 3 atom stereocenters. The van der Waals surface area contributed by atoms with Crippen LogP contribution in [0.2, 0.25) is 0 Å². The van der Waals surface area contributed by atoms with Gasteiger partial charge in [0.1, 0.15) is 5.82 Å². The summed E-state index contributed by atoms with van der Waals surface area (Å²) < 4.78 is 5.01. The molecule has 3 fully saturated rings. The lowest BCUT2D eigenvalue weighted by atomic mass is 9.87. The molecule has 146 valence electrons. The third-order valence-electron chi connectivity index (χ3n) is 6.45. The van der Waals surface area contributed by atoms with Crippen LogP contribution in [-0.2, 0) is 9.53 Å². The average molecular weight is 371 g/mol. The zero-order chi connectivity index (χ0) is 18.8. The summed E-state index contributed by atoms with van der Waals surface area (Å²) in [6, 6.07) is 3.64. The van der Waals surface area contributed by atoms with Crippen LogP contribution in [0.3, 0.4) is 0 Å². The molecule has 6 nitrogen and oxygen atoms in total. The molecule has 1 aliphatic heterocycles. The molecule has 6 heteroatoms. The summed E-state index contributed by atoms with van der Waals surface area (Å²) in [5.41, 5.74) is 0.475. The fourth-order valence-corrected chi connectivity index (χ4v) is 5.06. The third-order valence-corrected chi connectivity index (χ3v) is 6.45. The molecule has 2 aliphatic carbocycles. The second-order valence-corrected chi connectivity index (χ2v) is 8.07. The van der Waals surface area contributed by atoms with Gasteiger partial charge in [-0.15, -0.1) is 0 Å². The summed E-state index contributed by atoms with van der Waals surface area (Å²) in [5, 5.41) is 0. The van der Waals surface area contributed by atoms with E-state index in [1.165, 1.54) is 19.3 Å². The van der Waals surface area contributed by atoms with E-state index >= 15 is 0 Å². The van der Waals surface area contributed by atoms with Crippen LogP contribution in [0.25, 0.3) is 0 Å². The van der Waals surface area contributed by atoms with E-state index in [9.17, 15) is 9.59 Å². The molecular formula is C21H29N3O3. The number of ether oxygens (including phenoxy) is 1. The first-order chi connectivity index (χ1) is 13.2. The van der Waals surface area contributed by atoms with Crippen molar-refractivity contribution in [2.45, 2.75) is 39.0 Å². The number of fused-ring (bicyclic) bond motifs is 2. The number of carbonyl (C=O) groups is 2. The summed E-state index contributed by atoms with van der Waals surface area (Å²) in [6.45, 7) is 5.42. The number of hydrogen-bond donors (Lipinski definition) is 0. The number of carbonyl (C=O) groups excluding carboxylic acids is 2. The van der Waals surface area contributed by atoms with Crippen molar-refractivity contribution in [1.29, 1.82) is 0 Å². The lowest BCUT2D eigenvalue weighted by molar-refractivity contribution is -0.137. The number of rotatable bonds is 4. The molecule has 27 heavy (non-hydrogen) atoms. The first-order valence-electron chi connectivity index (χ1n) is 10.3. The van der Waals surface area contributed by atoms with Gasteiger partial charge in [0.05, 0.1) is 12.2 Å². The van der Waals surface area contributed by atoms with Crippen LogP contribution in [0.5, 0.6) is 0 Å². The Morgan fingerprint density at radius 3 is 2.70 bits per heavy atom. The van der Waals surface area contributed by atoms with Gasteiger partial charge in [-0.25, -0.2) is 9.78 Å². The predicted octanol–water partition coefficient (Wildman–Crippen LogP) is 2.73. The molecular weight excluding hydrogens is 342 g/mol. The van der Waals surface area contributed by atoms with E-state index in [2.05, 4.69) is 14.8 Å². The fraction of sp³-hybridized carbons (Fsp3) is 0.667. The maximum absolute atomic E-state index is 13.0. The summed E-state index contributed by atoms with van der Waals surface area (Å²) in [6.07, 6.45) is 7.49. The monoisotopic (exact) mass is 371 g/mol. The first-order valence-corrected chi connectivity index (χ1v) is 10.3. The highest BCUT2D eigenvalue weighted by atomic mass is 16.5. The minimum absolute atomic E-state index is 0.275. The Kier molecular flexibility index (Phi) is 5.32. The number of hydrogen-bond acceptors (Lipinski definition) is 5. The van der Waals surface area contributed by atoms with Gasteiger partial charge in [-0.05, 0) is 56.6 Å². The molecule has 1 aromatic rings. The van der Waals surface area contributed by atoms with Crippen molar-refractivity contribution in [3.63, 3.8) is 0 Å². The summed E-state index contributed by atoms with van der Waals surface area (Å²) in [5.74, 6) is 2.62. The highest BCUT2D eigenvalue weighted by Gasteiger charge is 2.44. The molecule has 2 saturated carbocycles. The Morgan fingerprint density at radius 2 is 2.04 bits per heavy atom. The van der Waals surface area contributed by atoms with E-state index in [0.717, 1.165) is 50.8 Å². The second kappa shape index (κ2) is 7.87. The Bertz CT molecular complexity index is 690. The van der Waals surface area contributed by atoms with Gasteiger partial charge in [0.15, 0.2) is 0 Å². The maximum Gasteiger partial charge on any atom is 0.339 e. The molecule has 4 rings (SSSR count). The van der Waals surface area contributed by atoms with Gasteiger partial charge in [0, 0.05) is 38.3 Å². The number of nitrogens with zero attached hydrogens (tertiary/aromatic N) is 3. The van der Waals surface area contributed by atoms with E-state index < -0.39 is 0 Å². The molecule has 2 bridgehead atoms. The minimum Gasteiger partial charge on any atom is -0.462 e. The predicted molar refractivity (Wildman–Crippen MR) is 103 cm³/mol. The molecule has 1 amide bonds. The van der Waals surface area contributed by atoms with Crippen molar-refractivity contribution < 1.29 is 14.3 Å². The van der Waals surface area contributed by atoms with Crippen LogP contribution in [0.4, 0.5) is 5.82 Å². The van der Waals surface area contributed by atoms with Gasteiger partial charge in [-0.3, -0.25) is 4.79 Å². The van der Waals surface area contributed by atoms with Gasteiger partial charge >= 0.3 is 5.97 Å². The van der Waals surface area contributed by atoms with E-state index in [-0.39, 0.29) is 11.9 Å². The zero-order valence-electron chi connectivity index (χ0n) is 16.1. The van der Waals surface area contributed by atoms with Crippen LogP contribution in [0.1, 0.15) is 49.4 Å². The Morgan fingerprint density at radius 1 is 1.15 bits per heavy atom. The van der Waals surface area contributed by atoms with Crippen LogP contribution in [-0.4, -0.2) is 54.5 Å². The Hall–Kier alpha value is -2.11. The average Bonchev–Trinajstić information content (AvgIpc) is 3.24. The van der Waals surface area contributed by atoms with Crippen LogP contribution in [0, 0.1) is 17.8 Å². The van der Waals surface area contributed by atoms with E-state index in [0.29, 0.717) is 24.0 Å². The molecule has 0 spiro atoms. The van der Waals surface area contributed by atoms with Crippen molar-refractivity contribution >= 4 is 17.7 Å². The maximum atomic E-state index is 13.0. The Balaban J connectivity index is 1.35. The SMILES string of the molecule is CCOC(=O)c1ccc(N2CCCN(C(=O)C3CC4CCC3C4)CC2)nc1. The number of anilines is 1. The van der Waals surface area contributed by atoms with Crippen molar-refractivity contribution in [3.05, 3.63) is 23.9 Å². The normalized spacial score (nSPS) is 27.5. The second-order valence-electron chi connectivity index (χ2n) is 8.07. The van der Waals surface area contributed by atoms with E-state index in [1.54, 1.807) is 19.2 Å². The van der Waals surface area contributed by atoms with Gasteiger partial charge in [-0.2, -0.15) is 0 Å². The lowest BCUT2D eigenvalue weighted by Gasteiger charge is -2.28. The van der Waals surface area contributed by atoms with Crippen molar-refractivity contribution in [2.24, 2.45) is 17.8 Å². The van der Waals surface area contributed by atoms with Crippen LogP contribution >= 0.6 is 0 Å². The number of aromatic nitrogens is 1. The minimum atomic E-state index is -0.338. The van der Waals surface area contributed by atoms with Gasteiger partial charge in [-0.1, -0.05) is 6.42 Å². The third kappa shape index (κ3) is 3.80. The van der Waals surface area contributed by atoms with E-state index in [1.807, 2.05) is 6.07 Å². The van der Waals surface area contributed by atoms with Gasteiger partial charge < -0.3 is 14.5 Å². The standard InChI is InChI=1S/C21H29N3O3/c1-2-27-21(26)17-6-7-19(22-14-17)23-8-3-9-24(11-10-23)20(25)18-13-15-4-5-16(18)12-15/h6-7,14-16,18H,2-5,8-13H2,1H3. The molecule has 2 heterocycles. The van der Waals surface area contributed by atoms with Gasteiger partial charge in [0.25, 0.3) is 0 Å². The van der Waals surface area contributed by atoms with Crippen molar-refractivity contribution in [2.75, 3.05) is 37.7 Å². The molecule has 1 saturated heterocycles. The zero-order valence-corrected chi connectivity index (χ0v) is 16.1. The number of esters is 1. The lowest BCUT2D eigenvalue weighted by Crippen LogP contribution is -2.40. The summed E-state index contributed by atoms with van der Waals surface area (Å²) in [4.78, 5) is 33.5. The smallest absolute Gasteiger partial charge is 0.339 e. The Labute approximate surface area is 160 Å². The largest absolute Gasteiger partial charge is 0.462 e. The summed E-state index contributed by atoms with van der Waals surface area (Å²) >= 11 is 0. The first kappa shape index (κ1) is 18.3. The molecule has 0 radical (unpaired) electrons. The van der Waals surface area contributed by atoms with Crippen LogP contribution < -0.4 is 4.90 Å².